The molecule has 0 aliphatic carbocycles. The lowest BCUT2D eigenvalue weighted by Crippen LogP contribution is -3.10. The number of esters is 1. The second kappa shape index (κ2) is 12.4. The molecule has 2 fully saturated rings. The summed E-state index contributed by atoms with van der Waals surface area (Å²) in [7, 11) is 1.56. The van der Waals surface area contributed by atoms with Crippen molar-refractivity contribution in [2.24, 2.45) is 23.7 Å². The Hall–Kier alpha value is -3.65. The summed E-state index contributed by atoms with van der Waals surface area (Å²) in [5.74, 6) is 0.794. The molecule has 246 valence electrons. The van der Waals surface area contributed by atoms with Gasteiger partial charge in [0.25, 0.3) is 0 Å². The van der Waals surface area contributed by atoms with Gasteiger partial charge in [-0.3, -0.25) is 9.69 Å². The highest BCUT2D eigenvalue weighted by atomic mass is 16.5. The number of piperidine rings is 2. The molecule has 7 atom stereocenters. The molecule has 8 rings (SSSR count). The summed E-state index contributed by atoms with van der Waals surface area (Å²) in [5, 5.41) is 12.5. The van der Waals surface area contributed by atoms with E-state index in [-0.39, 0.29) is 30.5 Å². The highest BCUT2D eigenvalue weighted by Gasteiger charge is 2.46. The minimum Gasteiger partial charge on any atom is -0.469 e. The molecular formula is C40H49N4O3+. The van der Waals surface area contributed by atoms with Crippen LogP contribution in [-0.4, -0.2) is 59.3 Å². The zero-order valence-electron chi connectivity index (χ0n) is 28.0. The van der Waals surface area contributed by atoms with Crippen molar-refractivity contribution in [2.75, 3.05) is 33.4 Å². The Kier molecular flexibility index (Phi) is 8.11. The number of para-hydroxylation sites is 2. The van der Waals surface area contributed by atoms with Crippen molar-refractivity contribution in [3.05, 3.63) is 88.9 Å². The normalized spacial score (nSPS) is 28.8. The van der Waals surface area contributed by atoms with Crippen LogP contribution in [0.2, 0.25) is 0 Å². The number of ether oxygens (including phenoxy) is 1. The fourth-order valence-electron chi connectivity index (χ4n) is 10.0. The van der Waals surface area contributed by atoms with Crippen LogP contribution in [0.3, 0.4) is 0 Å². The third-order valence-electron chi connectivity index (χ3n) is 12.3. The van der Waals surface area contributed by atoms with E-state index in [1.54, 1.807) is 7.11 Å². The predicted molar refractivity (Wildman–Crippen MR) is 187 cm³/mol. The third-order valence-corrected chi connectivity index (χ3v) is 12.3. The number of hydrogen-bond donors (Lipinski definition) is 4. The number of aliphatic hydroxyl groups excluding tert-OH is 1. The molecule has 4 aliphatic rings. The number of methoxy groups -OCH3 is 1. The molecular weight excluding hydrogens is 584 g/mol. The highest BCUT2D eigenvalue weighted by molar-refractivity contribution is 5.95. The molecule has 0 spiro atoms. The lowest BCUT2D eigenvalue weighted by Gasteiger charge is -2.45. The van der Waals surface area contributed by atoms with Gasteiger partial charge in [-0.2, -0.15) is 0 Å². The summed E-state index contributed by atoms with van der Waals surface area (Å²) in [6, 6.07) is 17.9. The lowest BCUT2D eigenvalue weighted by atomic mass is 9.71. The Labute approximate surface area is 277 Å². The molecule has 4 aliphatic heterocycles. The van der Waals surface area contributed by atoms with Gasteiger partial charge < -0.3 is 24.7 Å². The van der Waals surface area contributed by atoms with Crippen molar-refractivity contribution in [1.82, 2.24) is 14.9 Å². The van der Waals surface area contributed by atoms with Crippen LogP contribution >= 0.6 is 0 Å². The number of rotatable bonds is 7. The van der Waals surface area contributed by atoms with Gasteiger partial charge in [0.05, 0.1) is 37.5 Å². The minimum atomic E-state index is -0.277. The predicted octanol–water partition coefficient (Wildman–Crippen LogP) is 6.10. The van der Waals surface area contributed by atoms with Crippen LogP contribution in [0.5, 0.6) is 0 Å². The molecule has 7 nitrogen and oxygen atoms in total. The Morgan fingerprint density at radius 2 is 1.81 bits per heavy atom. The maximum Gasteiger partial charge on any atom is 0.309 e. The smallest absolute Gasteiger partial charge is 0.309 e. The van der Waals surface area contributed by atoms with E-state index in [2.05, 4.69) is 89.5 Å². The largest absolute Gasteiger partial charge is 0.469 e. The number of quaternary nitrogens is 1. The zero-order valence-corrected chi connectivity index (χ0v) is 28.0. The number of aromatic amines is 2. The van der Waals surface area contributed by atoms with Gasteiger partial charge in [0, 0.05) is 70.7 Å². The maximum absolute atomic E-state index is 14.0. The highest BCUT2D eigenvalue weighted by Crippen LogP contribution is 2.48. The van der Waals surface area contributed by atoms with E-state index in [0.29, 0.717) is 24.3 Å². The first-order valence-electron chi connectivity index (χ1n) is 17.9. The Balaban J connectivity index is 1.18. The van der Waals surface area contributed by atoms with Crippen molar-refractivity contribution in [3.8, 4) is 0 Å². The number of carbonyl (C=O) groups excluding carboxylic acids is 1. The molecule has 4 aromatic rings. The van der Waals surface area contributed by atoms with Gasteiger partial charge in [-0.25, -0.2) is 0 Å². The number of hydrogen-bond acceptors (Lipinski definition) is 4. The quantitative estimate of drug-likeness (QED) is 0.146. The van der Waals surface area contributed by atoms with Crippen molar-refractivity contribution in [1.29, 1.82) is 0 Å². The number of benzene rings is 2. The van der Waals surface area contributed by atoms with Crippen LogP contribution in [0, 0.1) is 23.7 Å². The third kappa shape index (κ3) is 5.09. The van der Waals surface area contributed by atoms with E-state index in [9.17, 15) is 9.90 Å². The number of carbonyl (C=O) groups is 1. The Bertz CT molecular complexity index is 1870. The summed E-state index contributed by atoms with van der Waals surface area (Å²) < 4.78 is 5.64. The number of aliphatic hydroxyl groups is 1. The van der Waals surface area contributed by atoms with Crippen LogP contribution in [0.1, 0.15) is 80.6 Å². The van der Waals surface area contributed by atoms with Gasteiger partial charge in [-0.05, 0) is 68.6 Å². The minimum absolute atomic E-state index is 0.0898. The Morgan fingerprint density at radius 1 is 1.06 bits per heavy atom. The van der Waals surface area contributed by atoms with E-state index >= 15 is 0 Å². The van der Waals surface area contributed by atoms with Crippen LogP contribution in [0.15, 0.2) is 66.4 Å². The van der Waals surface area contributed by atoms with E-state index in [1.807, 2.05) is 0 Å². The summed E-state index contributed by atoms with van der Waals surface area (Å²) in [6.45, 7) is 7.65. The van der Waals surface area contributed by atoms with E-state index in [4.69, 9.17) is 4.74 Å². The molecule has 2 aromatic carbocycles. The van der Waals surface area contributed by atoms with Crippen LogP contribution in [0.4, 0.5) is 0 Å². The summed E-state index contributed by atoms with van der Waals surface area (Å²) in [5.41, 5.74) is 10.4. The number of nitrogens with one attached hydrogen (secondary N) is 3. The van der Waals surface area contributed by atoms with Gasteiger partial charge in [-0.1, -0.05) is 55.0 Å². The number of nitrogens with zero attached hydrogens (tertiary/aromatic N) is 1. The van der Waals surface area contributed by atoms with Gasteiger partial charge in [-0.15, -0.1) is 0 Å². The first-order chi connectivity index (χ1) is 23.0. The fourth-order valence-corrected chi connectivity index (χ4v) is 10.0. The molecule has 0 radical (unpaired) electrons. The van der Waals surface area contributed by atoms with Crippen molar-refractivity contribution in [2.45, 2.75) is 64.5 Å². The number of aromatic nitrogens is 2. The fraction of sp³-hybridized carbons (Fsp3) is 0.475. The second-order valence-corrected chi connectivity index (χ2v) is 14.5. The average Bonchev–Trinajstić information content (AvgIpc) is 3.69. The molecule has 0 saturated carbocycles. The van der Waals surface area contributed by atoms with Crippen molar-refractivity contribution >= 4 is 33.3 Å². The standard InChI is InChI=1S/C40H48N4O3/c1-4-24-21-44-23-27(37-30-11-7-9-13-34(30)42-39(37)35(44)19-26(24)15-17-45)18-32(40(46)47-3)31-20-36-38-29(14-16-43(36)22-25(31)5-2)28-10-6-8-12-33(28)41-38/h5-13,23-24,26,31-32,35-36,41-42,45H,4,14-22H2,1-3H3/p+1. The van der Waals surface area contributed by atoms with Gasteiger partial charge in [0.2, 0.25) is 0 Å². The molecule has 2 aromatic heterocycles. The first-order valence-corrected chi connectivity index (χ1v) is 17.9. The topological polar surface area (TPSA) is 85.8 Å². The SMILES string of the molecule is CC=C1CN2CCc3c([nH]c4ccccc34)C2CC1C(CC1=C[NH+]2CC(CC)C(CCO)CC2c2[nH]c3ccccc3c21)C(=O)OC. The molecule has 0 amide bonds. The van der Waals surface area contributed by atoms with Crippen LogP contribution in [-0.2, 0) is 16.0 Å². The van der Waals surface area contributed by atoms with Crippen LogP contribution in [0.25, 0.3) is 27.4 Å². The van der Waals surface area contributed by atoms with Gasteiger partial charge in [0.1, 0.15) is 6.04 Å². The maximum atomic E-state index is 14.0. The van der Waals surface area contributed by atoms with Crippen LogP contribution < -0.4 is 4.90 Å². The average molecular weight is 634 g/mol. The summed E-state index contributed by atoms with van der Waals surface area (Å²) in [4.78, 5) is 25.7. The number of allylic oxidation sites excluding steroid dienone is 2. The van der Waals surface area contributed by atoms with E-state index in [1.165, 1.54) is 54.9 Å². The summed E-state index contributed by atoms with van der Waals surface area (Å²) in [6.07, 6.45) is 10.4. The Morgan fingerprint density at radius 3 is 2.55 bits per heavy atom. The second-order valence-electron chi connectivity index (χ2n) is 14.5. The molecule has 4 N–H and O–H groups in total. The molecule has 0 bridgehead atoms. The monoisotopic (exact) mass is 633 g/mol. The molecule has 47 heavy (non-hydrogen) atoms. The molecule has 7 unspecified atom stereocenters. The number of fused-ring (bicyclic) bond motifs is 10. The van der Waals surface area contributed by atoms with E-state index in [0.717, 1.165) is 57.3 Å². The number of H-pyrrole nitrogens is 2. The first kappa shape index (κ1) is 30.7. The van der Waals surface area contributed by atoms with Crippen molar-refractivity contribution in [3.63, 3.8) is 0 Å². The lowest BCUT2D eigenvalue weighted by molar-refractivity contribution is -0.893. The van der Waals surface area contributed by atoms with Gasteiger partial charge in [0.15, 0.2) is 0 Å². The molecule has 6 heterocycles. The van der Waals surface area contributed by atoms with Gasteiger partial charge >= 0.3 is 5.97 Å². The summed E-state index contributed by atoms with van der Waals surface area (Å²) >= 11 is 0. The molecule has 2 saturated heterocycles. The zero-order chi connectivity index (χ0) is 32.2. The molecule has 7 heteroatoms. The van der Waals surface area contributed by atoms with E-state index < -0.39 is 0 Å². The van der Waals surface area contributed by atoms with Crippen molar-refractivity contribution < 1.29 is 19.5 Å².